The van der Waals surface area contributed by atoms with Crippen LogP contribution >= 0.6 is 0 Å². The van der Waals surface area contributed by atoms with Crippen molar-refractivity contribution < 1.29 is 14.0 Å². The molecule has 2 aliphatic rings. The van der Waals surface area contributed by atoms with E-state index in [1.165, 1.54) is 5.56 Å². The molecule has 2 fully saturated rings. The quantitative estimate of drug-likeness (QED) is 0.832. The van der Waals surface area contributed by atoms with Crippen LogP contribution in [0.3, 0.4) is 0 Å². The number of aryl methyl sites for hydroxylation is 2. The van der Waals surface area contributed by atoms with Crippen LogP contribution < -0.4 is 0 Å². The second-order valence-electron chi connectivity index (χ2n) is 6.96. The number of pyridine rings is 1. The van der Waals surface area contributed by atoms with E-state index in [4.69, 9.17) is 14.0 Å². The zero-order valence-corrected chi connectivity index (χ0v) is 14.9. The summed E-state index contributed by atoms with van der Waals surface area (Å²) in [5, 5.41) is 4.09. The summed E-state index contributed by atoms with van der Waals surface area (Å²) in [7, 11) is 0. The molecule has 2 aromatic rings. The van der Waals surface area contributed by atoms with Gasteiger partial charge in [-0.05, 0) is 44.4 Å². The van der Waals surface area contributed by atoms with Gasteiger partial charge in [-0.1, -0.05) is 5.16 Å². The summed E-state index contributed by atoms with van der Waals surface area (Å²) in [6.07, 6.45) is 6.08. The SMILES string of the molecule is Cc1noc(C)c1CN1CCOC2CCC1C2OCc1ccncc1. The average Bonchev–Trinajstić information content (AvgIpc) is 3.10. The van der Waals surface area contributed by atoms with E-state index in [-0.39, 0.29) is 12.2 Å². The van der Waals surface area contributed by atoms with Crippen molar-refractivity contribution in [3.63, 3.8) is 0 Å². The molecule has 6 heteroatoms. The summed E-state index contributed by atoms with van der Waals surface area (Å²) in [5.74, 6) is 0.909. The third-order valence-electron chi connectivity index (χ3n) is 5.41. The molecular weight excluding hydrogens is 318 g/mol. The molecule has 3 heterocycles. The second kappa shape index (κ2) is 7.23. The molecule has 3 unspecified atom stereocenters. The predicted molar refractivity (Wildman–Crippen MR) is 92.0 cm³/mol. The van der Waals surface area contributed by atoms with Crippen molar-refractivity contribution in [2.45, 2.75) is 58.1 Å². The van der Waals surface area contributed by atoms with Crippen molar-refractivity contribution in [1.82, 2.24) is 15.0 Å². The Labute approximate surface area is 148 Å². The predicted octanol–water partition coefficient (Wildman–Crippen LogP) is 2.64. The molecule has 4 rings (SSSR count). The lowest BCUT2D eigenvalue weighted by molar-refractivity contribution is -0.0614. The van der Waals surface area contributed by atoms with Gasteiger partial charge >= 0.3 is 0 Å². The van der Waals surface area contributed by atoms with E-state index in [2.05, 4.69) is 15.0 Å². The Kier molecular flexibility index (Phi) is 4.83. The minimum absolute atomic E-state index is 0.108. The summed E-state index contributed by atoms with van der Waals surface area (Å²) >= 11 is 0. The van der Waals surface area contributed by atoms with Crippen molar-refractivity contribution in [2.75, 3.05) is 13.2 Å². The number of hydrogen-bond donors (Lipinski definition) is 0. The Bertz CT molecular complexity index is 684. The first kappa shape index (κ1) is 16.7. The molecule has 25 heavy (non-hydrogen) atoms. The average molecular weight is 343 g/mol. The van der Waals surface area contributed by atoms with Gasteiger partial charge in [-0.2, -0.15) is 0 Å². The maximum absolute atomic E-state index is 6.31. The zero-order chi connectivity index (χ0) is 17.2. The Morgan fingerprint density at radius 3 is 2.84 bits per heavy atom. The van der Waals surface area contributed by atoms with Crippen molar-refractivity contribution in [3.05, 3.63) is 47.1 Å². The third-order valence-corrected chi connectivity index (χ3v) is 5.41. The van der Waals surface area contributed by atoms with Crippen LogP contribution in [-0.2, 0) is 22.6 Å². The van der Waals surface area contributed by atoms with Crippen LogP contribution in [0, 0.1) is 13.8 Å². The fourth-order valence-corrected chi connectivity index (χ4v) is 3.98. The van der Waals surface area contributed by atoms with Gasteiger partial charge in [0.15, 0.2) is 0 Å². The fraction of sp³-hybridized carbons (Fsp3) is 0.579. The highest BCUT2D eigenvalue weighted by molar-refractivity contribution is 5.21. The molecule has 0 amide bonds. The van der Waals surface area contributed by atoms with Crippen molar-refractivity contribution in [1.29, 1.82) is 0 Å². The monoisotopic (exact) mass is 343 g/mol. The van der Waals surface area contributed by atoms with E-state index in [1.54, 1.807) is 12.4 Å². The minimum Gasteiger partial charge on any atom is -0.374 e. The lowest BCUT2D eigenvalue weighted by Crippen LogP contribution is -2.42. The van der Waals surface area contributed by atoms with Crippen LogP contribution in [0.4, 0.5) is 0 Å². The molecule has 0 N–H and O–H groups in total. The normalized spacial score (nSPS) is 26.7. The van der Waals surface area contributed by atoms with Gasteiger partial charge in [-0.25, -0.2) is 0 Å². The van der Waals surface area contributed by atoms with E-state index in [0.717, 1.165) is 49.6 Å². The number of ether oxygens (including phenoxy) is 2. The smallest absolute Gasteiger partial charge is 0.138 e. The van der Waals surface area contributed by atoms with Crippen LogP contribution in [0.1, 0.15) is 35.4 Å². The summed E-state index contributed by atoms with van der Waals surface area (Å²) in [6.45, 7) is 7.10. The first-order valence-corrected chi connectivity index (χ1v) is 9.00. The zero-order valence-electron chi connectivity index (χ0n) is 14.9. The Balaban J connectivity index is 1.48. The van der Waals surface area contributed by atoms with E-state index in [9.17, 15) is 0 Å². The molecule has 1 saturated heterocycles. The third kappa shape index (κ3) is 3.47. The highest BCUT2D eigenvalue weighted by Crippen LogP contribution is 2.34. The number of aromatic nitrogens is 2. The minimum atomic E-state index is 0.108. The van der Waals surface area contributed by atoms with Crippen LogP contribution in [0.5, 0.6) is 0 Å². The number of nitrogens with zero attached hydrogens (tertiary/aromatic N) is 3. The summed E-state index contributed by atoms with van der Waals surface area (Å²) in [4.78, 5) is 6.55. The van der Waals surface area contributed by atoms with Gasteiger partial charge in [0.2, 0.25) is 0 Å². The molecule has 1 aliphatic heterocycles. The van der Waals surface area contributed by atoms with E-state index < -0.39 is 0 Å². The maximum Gasteiger partial charge on any atom is 0.138 e. The number of fused-ring (bicyclic) bond motifs is 2. The van der Waals surface area contributed by atoms with Gasteiger partial charge in [0, 0.05) is 37.1 Å². The lowest BCUT2D eigenvalue weighted by Gasteiger charge is -2.31. The molecule has 3 atom stereocenters. The summed E-state index contributed by atoms with van der Waals surface area (Å²) in [6, 6.07) is 4.38. The molecule has 6 nitrogen and oxygen atoms in total. The van der Waals surface area contributed by atoms with Crippen LogP contribution in [-0.4, -0.2) is 46.4 Å². The van der Waals surface area contributed by atoms with Crippen molar-refractivity contribution in [2.24, 2.45) is 0 Å². The highest BCUT2D eigenvalue weighted by atomic mass is 16.5. The number of rotatable bonds is 5. The van der Waals surface area contributed by atoms with Crippen LogP contribution in [0.25, 0.3) is 0 Å². The molecular formula is C19H25N3O3. The van der Waals surface area contributed by atoms with E-state index >= 15 is 0 Å². The Hall–Kier alpha value is -1.76. The fourth-order valence-electron chi connectivity index (χ4n) is 3.98. The van der Waals surface area contributed by atoms with Gasteiger partial charge < -0.3 is 14.0 Å². The lowest BCUT2D eigenvalue weighted by atomic mass is 10.1. The van der Waals surface area contributed by atoms with Gasteiger partial charge in [0.05, 0.1) is 31.1 Å². The molecule has 2 aromatic heterocycles. The summed E-state index contributed by atoms with van der Waals surface area (Å²) in [5.41, 5.74) is 3.32. The topological polar surface area (TPSA) is 60.6 Å². The molecule has 1 aliphatic carbocycles. The van der Waals surface area contributed by atoms with E-state index in [1.807, 2.05) is 26.0 Å². The van der Waals surface area contributed by atoms with Crippen LogP contribution in [0.15, 0.2) is 29.0 Å². The van der Waals surface area contributed by atoms with Crippen molar-refractivity contribution >= 4 is 0 Å². The Morgan fingerprint density at radius 2 is 2.08 bits per heavy atom. The van der Waals surface area contributed by atoms with E-state index in [0.29, 0.717) is 12.6 Å². The molecule has 1 saturated carbocycles. The number of hydrogen-bond acceptors (Lipinski definition) is 6. The first-order chi connectivity index (χ1) is 12.2. The van der Waals surface area contributed by atoms with Gasteiger partial charge in [0.25, 0.3) is 0 Å². The first-order valence-electron chi connectivity index (χ1n) is 9.00. The molecule has 0 spiro atoms. The molecule has 2 bridgehead atoms. The molecule has 0 radical (unpaired) electrons. The second-order valence-corrected chi connectivity index (χ2v) is 6.96. The molecule has 0 aromatic carbocycles. The van der Waals surface area contributed by atoms with Crippen LogP contribution in [0.2, 0.25) is 0 Å². The standard InChI is InChI=1S/C19H25N3O3/c1-13-16(14(2)25-21-13)11-22-9-10-23-18-4-3-17(22)19(18)24-12-15-5-7-20-8-6-15/h5-8,17-19H,3-4,9-12H2,1-2H3. The van der Waals surface area contributed by atoms with Crippen molar-refractivity contribution in [3.8, 4) is 0 Å². The largest absolute Gasteiger partial charge is 0.374 e. The Morgan fingerprint density at radius 1 is 1.24 bits per heavy atom. The molecule has 134 valence electrons. The van der Waals surface area contributed by atoms with Gasteiger partial charge in [-0.3, -0.25) is 9.88 Å². The maximum atomic E-state index is 6.31. The highest BCUT2D eigenvalue weighted by Gasteiger charge is 2.43. The van der Waals surface area contributed by atoms with Gasteiger partial charge in [0.1, 0.15) is 5.76 Å². The van der Waals surface area contributed by atoms with Gasteiger partial charge in [-0.15, -0.1) is 0 Å². The summed E-state index contributed by atoms with van der Waals surface area (Å²) < 4.78 is 17.7.